The summed E-state index contributed by atoms with van der Waals surface area (Å²) in [5.41, 5.74) is 2.47. The summed E-state index contributed by atoms with van der Waals surface area (Å²) in [5.74, 6) is 6.51. The lowest BCUT2D eigenvalue weighted by molar-refractivity contribution is 0.0935. The largest absolute Gasteiger partial charge is 0.292 e. The number of carbonyl (C=O) groups is 1. The lowest BCUT2D eigenvalue weighted by Crippen LogP contribution is -2.14. The van der Waals surface area contributed by atoms with Crippen LogP contribution in [0.4, 0.5) is 0 Å². The zero-order chi connectivity index (χ0) is 14.0. The summed E-state index contributed by atoms with van der Waals surface area (Å²) in [4.78, 5) is 12.6. The molecule has 1 saturated carbocycles. The fourth-order valence-electron chi connectivity index (χ4n) is 2.23. The maximum absolute atomic E-state index is 12.6. The molecule has 0 aliphatic heterocycles. The first kappa shape index (κ1) is 12.7. The van der Waals surface area contributed by atoms with Crippen molar-refractivity contribution in [1.29, 1.82) is 0 Å². The van der Waals surface area contributed by atoms with Crippen LogP contribution in [0.25, 0.3) is 0 Å². The number of rotatable bonds is 2. The van der Waals surface area contributed by atoms with Gasteiger partial charge in [0.25, 0.3) is 0 Å². The van der Waals surface area contributed by atoms with Crippen molar-refractivity contribution >= 4 is 5.78 Å². The highest BCUT2D eigenvalue weighted by Gasteiger charge is 2.48. The third-order valence-corrected chi connectivity index (χ3v) is 3.72. The maximum Gasteiger partial charge on any atom is 0.180 e. The molecule has 2 aromatic rings. The SMILES string of the molecule is Cc1ccc(C(=O)C2(C#Cc3ccccc3)CC2)cc1. The summed E-state index contributed by atoms with van der Waals surface area (Å²) < 4.78 is 0. The van der Waals surface area contributed by atoms with Gasteiger partial charge in [0.2, 0.25) is 0 Å². The molecule has 0 unspecified atom stereocenters. The van der Waals surface area contributed by atoms with Gasteiger partial charge in [0, 0.05) is 11.1 Å². The van der Waals surface area contributed by atoms with Crippen LogP contribution in [0.1, 0.15) is 34.3 Å². The molecule has 1 fully saturated rings. The summed E-state index contributed by atoms with van der Waals surface area (Å²) in [6.07, 6.45) is 1.75. The molecule has 0 heterocycles. The highest BCUT2D eigenvalue weighted by Crippen LogP contribution is 2.47. The molecule has 0 amide bonds. The van der Waals surface area contributed by atoms with Gasteiger partial charge in [0.05, 0.1) is 5.41 Å². The van der Waals surface area contributed by atoms with Gasteiger partial charge in [-0.3, -0.25) is 4.79 Å². The van der Waals surface area contributed by atoms with Crippen LogP contribution in [0, 0.1) is 24.2 Å². The first-order valence-electron chi connectivity index (χ1n) is 6.89. The molecule has 0 aromatic heterocycles. The third kappa shape index (κ3) is 2.51. The van der Waals surface area contributed by atoms with Gasteiger partial charge in [-0.1, -0.05) is 59.9 Å². The van der Waals surface area contributed by atoms with E-state index in [9.17, 15) is 4.79 Å². The Labute approximate surface area is 119 Å². The van der Waals surface area contributed by atoms with Crippen molar-refractivity contribution < 1.29 is 4.79 Å². The van der Waals surface area contributed by atoms with Crippen molar-refractivity contribution in [2.75, 3.05) is 0 Å². The fraction of sp³-hybridized carbons (Fsp3) is 0.211. The predicted molar refractivity (Wildman–Crippen MR) is 80.5 cm³/mol. The lowest BCUT2D eigenvalue weighted by Gasteiger charge is -2.06. The number of Topliss-reactive ketones (excluding diaryl/α,β-unsaturated/α-hetero) is 1. The van der Waals surface area contributed by atoms with Crippen LogP contribution in [-0.4, -0.2) is 5.78 Å². The Morgan fingerprint density at radius 2 is 1.65 bits per heavy atom. The Bertz CT molecular complexity index is 680. The number of hydrogen-bond acceptors (Lipinski definition) is 1. The van der Waals surface area contributed by atoms with Crippen LogP contribution in [0.5, 0.6) is 0 Å². The Morgan fingerprint density at radius 1 is 1.00 bits per heavy atom. The number of hydrogen-bond donors (Lipinski definition) is 0. The molecule has 0 saturated heterocycles. The van der Waals surface area contributed by atoms with Crippen LogP contribution >= 0.6 is 0 Å². The molecule has 0 spiro atoms. The van der Waals surface area contributed by atoms with Crippen LogP contribution in [0.2, 0.25) is 0 Å². The Kier molecular flexibility index (Phi) is 3.16. The van der Waals surface area contributed by atoms with Gasteiger partial charge in [0.1, 0.15) is 0 Å². The smallest absolute Gasteiger partial charge is 0.180 e. The van der Waals surface area contributed by atoms with Gasteiger partial charge in [-0.05, 0) is 31.9 Å². The zero-order valence-corrected chi connectivity index (χ0v) is 11.5. The van der Waals surface area contributed by atoms with Gasteiger partial charge in [0.15, 0.2) is 5.78 Å². The van der Waals surface area contributed by atoms with Crippen molar-refractivity contribution in [3.8, 4) is 11.8 Å². The molecule has 2 aromatic carbocycles. The first-order valence-corrected chi connectivity index (χ1v) is 6.89. The zero-order valence-electron chi connectivity index (χ0n) is 11.5. The summed E-state index contributed by atoms with van der Waals surface area (Å²) in [7, 11) is 0. The molecule has 1 aliphatic rings. The average Bonchev–Trinajstić information content (AvgIpc) is 3.28. The summed E-state index contributed by atoms with van der Waals surface area (Å²) in [6.45, 7) is 2.02. The van der Waals surface area contributed by atoms with Crippen molar-refractivity contribution in [2.24, 2.45) is 5.41 Å². The topological polar surface area (TPSA) is 17.1 Å². The Hall–Kier alpha value is -2.33. The quantitative estimate of drug-likeness (QED) is 0.589. The second-order valence-electron chi connectivity index (χ2n) is 5.39. The van der Waals surface area contributed by atoms with E-state index in [1.807, 2.05) is 61.5 Å². The van der Waals surface area contributed by atoms with Crippen molar-refractivity contribution in [1.82, 2.24) is 0 Å². The van der Waals surface area contributed by atoms with E-state index in [1.165, 1.54) is 5.56 Å². The van der Waals surface area contributed by atoms with E-state index in [2.05, 4.69) is 11.8 Å². The van der Waals surface area contributed by atoms with E-state index >= 15 is 0 Å². The maximum atomic E-state index is 12.6. The Morgan fingerprint density at radius 3 is 2.25 bits per heavy atom. The molecule has 0 bridgehead atoms. The van der Waals surface area contributed by atoms with Crippen molar-refractivity contribution in [2.45, 2.75) is 19.8 Å². The second kappa shape index (κ2) is 4.98. The summed E-state index contributed by atoms with van der Waals surface area (Å²) in [6, 6.07) is 17.6. The van der Waals surface area contributed by atoms with Gasteiger partial charge < -0.3 is 0 Å². The highest BCUT2D eigenvalue weighted by molar-refractivity contribution is 6.04. The minimum absolute atomic E-state index is 0.168. The van der Waals surface area contributed by atoms with Crippen LogP contribution < -0.4 is 0 Å². The number of aryl methyl sites for hydroxylation is 1. The minimum atomic E-state index is -0.439. The number of benzene rings is 2. The molecule has 0 radical (unpaired) electrons. The second-order valence-corrected chi connectivity index (χ2v) is 5.39. The van der Waals surface area contributed by atoms with E-state index in [1.54, 1.807) is 0 Å². The molecule has 1 aliphatic carbocycles. The standard InChI is InChI=1S/C19H16O/c1-15-7-9-17(10-8-15)18(20)19(13-14-19)12-11-16-5-3-2-4-6-16/h2-10H,13-14H2,1H3. The summed E-state index contributed by atoms with van der Waals surface area (Å²) >= 11 is 0. The molecule has 1 nitrogen and oxygen atoms in total. The normalized spacial score (nSPS) is 15.1. The monoisotopic (exact) mass is 260 g/mol. The lowest BCUT2D eigenvalue weighted by atomic mass is 9.94. The number of ketones is 1. The average molecular weight is 260 g/mol. The van der Waals surface area contributed by atoms with Gasteiger partial charge in [-0.2, -0.15) is 0 Å². The fourth-order valence-corrected chi connectivity index (χ4v) is 2.23. The molecule has 0 N–H and O–H groups in total. The number of carbonyl (C=O) groups excluding carboxylic acids is 1. The molecular weight excluding hydrogens is 244 g/mol. The van der Waals surface area contributed by atoms with E-state index in [0.29, 0.717) is 0 Å². The van der Waals surface area contributed by atoms with Crippen molar-refractivity contribution in [3.05, 3.63) is 71.3 Å². The van der Waals surface area contributed by atoms with Crippen LogP contribution in [-0.2, 0) is 0 Å². The molecule has 1 heteroatoms. The molecule has 0 atom stereocenters. The predicted octanol–water partition coefficient (Wildman–Crippen LogP) is 4.01. The third-order valence-electron chi connectivity index (χ3n) is 3.72. The van der Waals surface area contributed by atoms with E-state index in [0.717, 1.165) is 24.0 Å². The van der Waals surface area contributed by atoms with Crippen molar-refractivity contribution in [3.63, 3.8) is 0 Å². The molecule has 20 heavy (non-hydrogen) atoms. The van der Waals surface area contributed by atoms with Gasteiger partial charge >= 0.3 is 0 Å². The molecule has 98 valence electrons. The molecule has 3 rings (SSSR count). The minimum Gasteiger partial charge on any atom is -0.292 e. The highest BCUT2D eigenvalue weighted by atomic mass is 16.1. The Balaban J connectivity index is 1.85. The van der Waals surface area contributed by atoms with Gasteiger partial charge in [-0.15, -0.1) is 0 Å². The van der Waals surface area contributed by atoms with E-state index in [4.69, 9.17) is 0 Å². The summed E-state index contributed by atoms with van der Waals surface area (Å²) in [5, 5.41) is 0. The van der Waals surface area contributed by atoms with Crippen LogP contribution in [0.15, 0.2) is 54.6 Å². The van der Waals surface area contributed by atoms with E-state index < -0.39 is 5.41 Å². The first-order chi connectivity index (χ1) is 9.70. The van der Waals surface area contributed by atoms with Crippen LogP contribution in [0.3, 0.4) is 0 Å². The van der Waals surface area contributed by atoms with Gasteiger partial charge in [-0.25, -0.2) is 0 Å². The van der Waals surface area contributed by atoms with E-state index in [-0.39, 0.29) is 5.78 Å². The molecular formula is C19H16O.